The first kappa shape index (κ1) is 19.0. The first-order chi connectivity index (χ1) is 8.67. The van der Waals surface area contributed by atoms with E-state index in [1.165, 1.54) is 32.1 Å². The lowest BCUT2D eigenvalue weighted by Gasteiger charge is -2.36. The van der Waals surface area contributed by atoms with Gasteiger partial charge in [-0.3, -0.25) is 0 Å². The van der Waals surface area contributed by atoms with Crippen molar-refractivity contribution in [3.63, 3.8) is 0 Å². The van der Waals surface area contributed by atoms with Gasteiger partial charge in [0.05, 0.1) is 0 Å². The molecule has 1 heteroatoms. The average molecular weight is 271 g/mol. The quantitative estimate of drug-likeness (QED) is 0.504. The average Bonchev–Trinajstić information content (AvgIpc) is 2.34. The molecule has 0 aromatic rings. The Kier molecular flexibility index (Phi) is 8.27. The Hall–Kier alpha value is -0.0400. The Labute approximate surface area is 122 Å². The van der Waals surface area contributed by atoms with Crippen LogP contribution in [0.3, 0.4) is 0 Å². The molecule has 0 heterocycles. The summed E-state index contributed by atoms with van der Waals surface area (Å²) in [4.78, 5) is 0. The SMILES string of the molecule is CCC(C)(CCCC(C)C(C)(C)C)C(C)CCOC. The molecule has 3 atom stereocenters. The highest BCUT2D eigenvalue weighted by Crippen LogP contribution is 2.39. The third kappa shape index (κ3) is 6.79. The lowest BCUT2D eigenvalue weighted by Crippen LogP contribution is -2.26. The molecule has 0 saturated carbocycles. The molecule has 0 fully saturated rings. The van der Waals surface area contributed by atoms with Gasteiger partial charge >= 0.3 is 0 Å². The van der Waals surface area contributed by atoms with Gasteiger partial charge in [0.2, 0.25) is 0 Å². The van der Waals surface area contributed by atoms with Crippen molar-refractivity contribution in [3.05, 3.63) is 0 Å². The number of rotatable bonds is 9. The minimum atomic E-state index is 0.449. The van der Waals surface area contributed by atoms with E-state index in [1.807, 2.05) is 0 Å². The molecule has 0 spiro atoms. The van der Waals surface area contributed by atoms with Crippen molar-refractivity contribution in [3.8, 4) is 0 Å². The van der Waals surface area contributed by atoms with Crippen LogP contribution in [-0.2, 0) is 4.74 Å². The van der Waals surface area contributed by atoms with Crippen LogP contribution in [0.25, 0.3) is 0 Å². The van der Waals surface area contributed by atoms with Crippen LogP contribution in [0.5, 0.6) is 0 Å². The van der Waals surface area contributed by atoms with Crippen LogP contribution >= 0.6 is 0 Å². The third-order valence-electron chi connectivity index (χ3n) is 5.62. The van der Waals surface area contributed by atoms with Gasteiger partial charge in [0, 0.05) is 13.7 Å². The number of hydrogen-bond acceptors (Lipinski definition) is 1. The molecule has 0 bridgehead atoms. The van der Waals surface area contributed by atoms with E-state index >= 15 is 0 Å². The summed E-state index contributed by atoms with van der Waals surface area (Å²) >= 11 is 0. The van der Waals surface area contributed by atoms with E-state index in [-0.39, 0.29) is 0 Å². The van der Waals surface area contributed by atoms with Gasteiger partial charge in [-0.2, -0.15) is 0 Å². The van der Waals surface area contributed by atoms with Crippen LogP contribution in [0.4, 0.5) is 0 Å². The maximum atomic E-state index is 5.24. The third-order valence-corrected chi connectivity index (χ3v) is 5.62. The molecule has 0 aromatic carbocycles. The monoisotopic (exact) mass is 270 g/mol. The Morgan fingerprint density at radius 3 is 1.95 bits per heavy atom. The van der Waals surface area contributed by atoms with E-state index in [4.69, 9.17) is 4.74 Å². The fourth-order valence-electron chi connectivity index (χ4n) is 2.66. The van der Waals surface area contributed by atoms with Crippen LogP contribution in [0.1, 0.15) is 80.6 Å². The van der Waals surface area contributed by atoms with Crippen LogP contribution < -0.4 is 0 Å². The zero-order chi connectivity index (χ0) is 15.1. The molecule has 0 aliphatic rings. The fraction of sp³-hybridized carbons (Fsp3) is 1.00. The van der Waals surface area contributed by atoms with E-state index in [1.54, 1.807) is 7.11 Å². The topological polar surface area (TPSA) is 9.23 Å². The van der Waals surface area contributed by atoms with Crippen molar-refractivity contribution < 1.29 is 4.74 Å². The first-order valence-corrected chi connectivity index (χ1v) is 8.16. The molecule has 0 saturated heterocycles. The maximum Gasteiger partial charge on any atom is 0.0465 e. The molecular weight excluding hydrogens is 232 g/mol. The second kappa shape index (κ2) is 8.29. The minimum Gasteiger partial charge on any atom is -0.385 e. The number of methoxy groups -OCH3 is 1. The summed E-state index contributed by atoms with van der Waals surface area (Å²) in [5, 5.41) is 0. The second-order valence-corrected chi connectivity index (χ2v) is 7.85. The van der Waals surface area contributed by atoms with Gasteiger partial charge < -0.3 is 4.74 Å². The Morgan fingerprint density at radius 2 is 1.53 bits per heavy atom. The molecule has 3 unspecified atom stereocenters. The largest absolute Gasteiger partial charge is 0.385 e. The van der Waals surface area contributed by atoms with Gasteiger partial charge in [-0.25, -0.2) is 0 Å². The lowest BCUT2D eigenvalue weighted by molar-refractivity contribution is 0.108. The molecule has 19 heavy (non-hydrogen) atoms. The molecule has 116 valence electrons. The highest BCUT2D eigenvalue weighted by Gasteiger charge is 2.29. The molecule has 0 rings (SSSR count). The summed E-state index contributed by atoms with van der Waals surface area (Å²) in [7, 11) is 1.81. The Morgan fingerprint density at radius 1 is 0.947 bits per heavy atom. The predicted octanol–water partition coefficient (Wildman–Crippen LogP) is 5.93. The zero-order valence-corrected chi connectivity index (χ0v) is 14.8. The highest BCUT2D eigenvalue weighted by molar-refractivity contribution is 4.80. The number of hydrogen-bond donors (Lipinski definition) is 0. The summed E-state index contributed by atoms with van der Waals surface area (Å²) in [5.41, 5.74) is 0.931. The molecule has 0 aliphatic carbocycles. The Balaban J connectivity index is 4.24. The summed E-state index contributed by atoms with van der Waals surface area (Å²) in [6.45, 7) is 17.6. The van der Waals surface area contributed by atoms with Gasteiger partial charge in [0.25, 0.3) is 0 Å². The minimum absolute atomic E-state index is 0.449. The number of ether oxygens (including phenoxy) is 1. The predicted molar refractivity (Wildman–Crippen MR) is 86.5 cm³/mol. The van der Waals surface area contributed by atoms with E-state index < -0.39 is 0 Å². The first-order valence-electron chi connectivity index (χ1n) is 8.16. The van der Waals surface area contributed by atoms with Crippen molar-refractivity contribution in [2.45, 2.75) is 80.6 Å². The van der Waals surface area contributed by atoms with Crippen molar-refractivity contribution in [2.75, 3.05) is 13.7 Å². The molecule has 0 radical (unpaired) electrons. The molecule has 1 nitrogen and oxygen atoms in total. The molecule has 0 aliphatic heterocycles. The van der Waals surface area contributed by atoms with Crippen LogP contribution in [0.2, 0.25) is 0 Å². The van der Waals surface area contributed by atoms with Crippen molar-refractivity contribution in [1.29, 1.82) is 0 Å². The van der Waals surface area contributed by atoms with E-state index in [0.29, 0.717) is 10.8 Å². The highest BCUT2D eigenvalue weighted by atomic mass is 16.5. The van der Waals surface area contributed by atoms with Crippen LogP contribution in [-0.4, -0.2) is 13.7 Å². The molecule has 0 N–H and O–H groups in total. The Bertz CT molecular complexity index is 228. The maximum absolute atomic E-state index is 5.24. The summed E-state index contributed by atoms with van der Waals surface area (Å²) in [6, 6.07) is 0. The van der Waals surface area contributed by atoms with E-state index in [0.717, 1.165) is 18.4 Å². The van der Waals surface area contributed by atoms with Gasteiger partial charge in [0.15, 0.2) is 0 Å². The summed E-state index contributed by atoms with van der Waals surface area (Å²) in [6.07, 6.45) is 6.54. The molecule has 0 amide bonds. The van der Waals surface area contributed by atoms with Gasteiger partial charge in [-0.05, 0) is 35.5 Å². The van der Waals surface area contributed by atoms with Crippen LogP contribution in [0.15, 0.2) is 0 Å². The van der Waals surface area contributed by atoms with Gasteiger partial charge in [-0.1, -0.05) is 67.7 Å². The van der Waals surface area contributed by atoms with Crippen molar-refractivity contribution >= 4 is 0 Å². The van der Waals surface area contributed by atoms with E-state index in [2.05, 4.69) is 48.5 Å². The van der Waals surface area contributed by atoms with Crippen molar-refractivity contribution in [2.24, 2.45) is 22.7 Å². The lowest BCUT2D eigenvalue weighted by atomic mass is 9.70. The summed E-state index contributed by atoms with van der Waals surface area (Å²) < 4.78 is 5.24. The second-order valence-electron chi connectivity index (χ2n) is 7.85. The van der Waals surface area contributed by atoms with Crippen molar-refractivity contribution in [1.82, 2.24) is 0 Å². The van der Waals surface area contributed by atoms with Gasteiger partial charge in [-0.15, -0.1) is 0 Å². The smallest absolute Gasteiger partial charge is 0.0465 e. The van der Waals surface area contributed by atoms with Gasteiger partial charge in [0.1, 0.15) is 0 Å². The zero-order valence-electron chi connectivity index (χ0n) is 14.8. The normalized spacial score (nSPS) is 18.9. The van der Waals surface area contributed by atoms with Crippen LogP contribution in [0, 0.1) is 22.7 Å². The molecule has 0 aromatic heterocycles. The standard InChI is InChI=1S/C18H38O/c1-9-18(7,16(3)12-14-19-8)13-10-11-15(2)17(4,5)6/h15-16H,9-14H2,1-8H3. The van der Waals surface area contributed by atoms with E-state index in [9.17, 15) is 0 Å². The fourth-order valence-corrected chi connectivity index (χ4v) is 2.66. The summed E-state index contributed by atoms with van der Waals surface area (Å²) in [5.74, 6) is 1.56. The molecular formula is C18H38O.